The Bertz CT molecular complexity index is 617. The van der Waals surface area contributed by atoms with Crippen molar-refractivity contribution < 1.29 is 18.0 Å². The van der Waals surface area contributed by atoms with Crippen LogP contribution in [0.15, 0.2) is 36.7 Å². The molecule has 0 saturated carbocycles. The quantitative estimate of drug-likeness (QED) is 0.806. The van der Waals surface area contributed by atoms with Gasteiger partial charge in [0, 0.05) is 19.2 Å². The number of benzene rings is 1. The SMILES string of the molecule is CCn1cc(C(=O)Cc2cccc(C(F)(F)F)c2)cn1. The molecule has 1 heterocycles. The molecule has 0 aliphatic rings. The van der Waals surface area contributed by atoms with Crippen molar-refractivity contribution in [3.8, 4) is 0 Å². The van der Waals surface area contributed by atoms with E-state index in [0.717, 1.165) is 12.1 Å². The van der Waals surface area contributed by atoms with Crippen molar-refractivity contribution in [1.29, 1.82) is 0 Å². The van der Waals surface area contributed by atoms with Gasteiger partial charge in [-0.2, -0.15) is 18.3 Å². The number of halogens is 3. The third kappa shape index (κ3) is 3.26. The largest absolute Gasteiger partial charge is 0.416 e. The van der Waals surface area contributed by atoms with Crippen LogP contribution in [0.5, 0.6) is 0 Å². The molecule has 20 heavy (non-hydrogen) atoms. The molecule has 1 aromatic heterocycles. The number of ketones is 1. The van der Waals surface area contributed by atoms with Gasteiger partial charge in [-0.3, -0.25) is 9.48 Å². The van der Waals surface area contributed by atoms with E-state index in [-0.39, 0.29) is 12.2 Å². The van der Waals surface area contributed by atoms with Crippen LogP contribution in [-0.2, 0) is 19.1 Å². The molecule has 106 valence electrons. The number of Topliss-reactive ketones (excluding diaryl/α,β-unsaturated/α-hetero) is 1. The minimum atomic E-state index is -4.40. The van der Waals surface area contributed by atoms with Crippen LogP contribution in [0.2, 0.25) is 0 Å². The average molecular weight is 282 g/mol. The topological polar surface area (TPSA) is 34.9 Å². The summed E-state index contributed by atoms with van der Waals surface area (Å²) in [7, 11) is 0. The first-order chi connectivity index (χ1) is 9.40. The molecule has 6 heteroatoms. The van der Waals surface area contributed by atoms with E-state index in [4.69, 9.17) is 0 Å². The summed E-state index contributed by atoms with van der Waals surface area (Å²) in [6.45, 7) is 2.52. The van der Waals surface area contributed by atoms with E-state index < -0.39 is 11.7 Å². The number of aryl methyl sites for hydroxylation is 1. The molecule has 0 unspecified atom stereocenters. The maximum atomic E-state index is 12.6. The zero-order valence-corrected chi connectivity index (χ0v) is 10.8. The van der Waals surface area contributed by atoms with Crippen molar-refractivity contribution in [3.05, 3.63) is 53.3 Å². The normalized spacial score (nSPS) is 11.6. The van der Waals surface area contributed by atoms with E-state index in [0.29, 0.717) is 17.7 Å². The van der Waals surface area contributed by atoms with E-state index in [1.165, 1.54) is 18.3 Å². The molecule has 0 fully saturated rings. The number of rotatable bonds is 4. The molecule has 3 nitrogen and oxygen atoms in total. The highest BCUT2D eigenvalue weighted by atomic mass is 19.4. The molecule has 0 aliphatic heterocycles. The maximum Gasteiger partial charge on any atom is 0.416 e. The summed E-state index contributed by atoms with van der Waals surface area (Å²) in [5.74, 6) is -0.246. The van der Waals surface area contributed by atoms with Gasteiger partial charge in [0.1, 0.15) is 0 Å². The first kappa shape index (κ1) is 14.3. The van der Waals surface area contributed by atoms with Gasteiger partial charge in [-0.1, -0.05) is 18.2 Å². The van der Waals surface area contributed by atoms with Crippen LogP contribution in [-0.4, -0.2) is 15.6 Å². The van der Waals surface area contributed by atoms with Crippen LogP contribution in [0.1, 0.15) is 28.4 Å². The summed E-state index contributed by atoms with van der Waals surface area (Å²) in [5, 5.41) is 3.97. The third-order valence-electron chi connectivity index (χ3n) is 2.90. The summed E-state index contributed by atoms with van der Waals surface area (Å²) >= 11 is 0. The Morgan fingerprint density at radius 1 is 1.35 bits per heavy atom. The number of nitrogens with zero attached hydrogens (tertiary/aromatic N) is 2. The predicted molar refractivity (Wildman–Crippen MR) is 67.4 cm³/mol. The number of carbonyl (C=O) groups excluding carboxylic acids is 1. The molecule has 0 saturated heterocycles. The third-order valence-corrected chi connectivity index (χ3v) is 2.90. The Balaban J connectivity index is 2.15. The monoisotopic (exact) mass is 282 g/mol. The Morgan fingerprint density at radius 3 is 2.70 bits per heavy atom. The number of alkyl halides is 3. The zero-order valence-electron chi connectivity index (χ0n) is 10.8. The second-order valence-electron chi connectivity index (χ2n) is 4.38. The van der Waals surface area contributed by atoms with Crippen molar-refractivity contribution in [2.45, 2.75) is 26.1 Å². The number of carbonyl (C=O) groups is 1. The summed E-state index contributed by atoms with van der Waals surface area (Å²) in [6, 6.07) is 4.81. The number of aromatic nitrogens is 2. The van der Waals surface area contributed by atoms with E-state index in [1.54, 1.807) is 10.9 Å². The second kappa shape index (κ2) is 5.48. The summed E-state index contributed by atoms with van der Waals surface area (Å²) < 4.78 is 39.3. The van der Waals surface area contributed by atoms with E-state index in [9.17, 15) is 18.0 Å². The lowest BCUT2D eigenvalue weighted by Crippen LogP contribution is -2.07. The van der Waals surface area contributed by atoms with Gasteiger partial charge >= 0.3 is 6.18 Å². The Morgan fingerprint density at radius 2 is 2.10 bits per heavy atom. The fourth-order valence-electron chi connectivity index (χ4n) is 1.83. The Hall–Kier alpha value is -2.11. The minimum absolute atomic E-state index is 0.0701. The lowest BCUT2D eigenvalue weighted by molar-refractivity contribution is -0.137. The zero-order chi connectivity index (χ0) is 14.8. The van der Waals surface area contributed by atoms with E-state index in [1.807, 2.05) is 6.92 Å². The molecule has 0 spiro atoms. The van der Waals surface area contributed by atoms with Crippen molar-refractivity contribution in [2.75, 3.05) is 0 Å². The molecule has 0 N–H and O–H groups in total. The van der Waals surface area contributed by atoms with Crippen LogP contribution in [0.3, 0.4) is 0 Å². The van der Waals surface area contributed by atoms with Crippen molar-refractivity contribution in [2.24, 2.45) is 0 Å². The molecule has 0 bridgehead atoms. The Labute approximate surface area is 114 Å². The van der Waals surface area contributed by atoms with Gasteiger partial charge in [0.05, 0.1) is 17.3 Å². The lowest BCUT2D eigenvalue weighted by atomic mass is 10.0. The van der Waals surface area contributed by atoms with Gasteiger partial charge in [0.2, 0.25) is 0 Å². The average Bonchev–Trinajstić information content (AvgIpc) is 2.87. The van der Waals surface area contributed by atoms with Gasteiger partial charge in [-0.05, 0) is 18.6 Å². The van der Waals surface area contributed by atoms with Crippen LogP contribution >= 0.6 is 0 Å². The highest BCUT2D eigenvalue weighted by molar-refractivity contribution is 5.97. The van der Waals surface area contributed by atoms with Gasteiger partial charge in [-0.15, -0.1) is 0 Å². The van der Waals surface area contributed by atoms with Gasteiger partial charge in [0.15, 0.2) is 5.78 Å². The van der Waals surface area contributed by atoms with Crippen LogP contribution in [0, 0.1) is 0 Å². The van der Waals surface area contributed by atoms with Crippen molar-refractivity contribution >= 4 is 5.78 Å². The standard InChI is InChI=1S/C14H13F3N2O/c1-2-19-9-11(8-18-19)13(20)7-10-4-3-5-12(6-10)14(15,16)17/h3-6,8-9H,2,7H2,1H3. The lowest BCUT2D eigenvalue weighted by Gasteiger charge is -2.08. The fraction of sp³-hybridized carbons (Fsp3) is 0.286. The number of hydrogen-bond acceptors (Lipinski definition) is 2. The van der Waals surface area contributed by atoms with Crippen LogP contribution < -0.4 is 0 Å². The predicted octanol–water partition coefficient (Wildman–Crippen LogP) is 3.35. The minimum Gasteiger partial charge on any atom is -0.294 e. The van der Waals surface area contributed by atoms with E-state index >= 15 is 0 Å². The molecule has 0 amide bonds. The molecule has 0 atom stereocenters. The van der Waals surface area contributed by atoms with Crippen LogP contribution in [0.4, 0.5) is 13.2 Å². The Kier molecular flexibility index (Phi) is 3.92. The molecular formula is C14H13F3N2O. The fourth-order valence-corrected chi connectivity index (χ4v) is 1.83. The first-order valence-corrected chi connectivity index (χ1v) is 6.12. The smallest absolute Gasteiger partial charge is 0.294 e. The van der Waals surface area contributed by atoms with E-state index in [2.05, 4.69) is 5.10 Å². The second-order valence-corrected chi connectivity index (χ2v) is 4.38. The molecule has 0 aliphatic carbocycles. The van der Waals surface area contributed by atoms with Crippen molar-refractivity contribution in [3.63, 3.8) is 0 Å². The molecule has 1 aromatic carbocycles. The van der Waals surface area contributed by atoms with Crippen molar-refractivity contribution in [1.82, 2.24) is 9.78 Å². The molecule has 2 rings (SSSR count). The highest BCUT2D eigenvalue weighted by Crippen LogP contribution is 2.29. The molecule has 2 aromatic rings. The first-order valence-electron chi connectivity index (χ1n) is 6.12. The van der Waals surface area contributed by atoms with Gasteiger partial charge in [0.25, 0.3) is 0 Å². The molecule has 0 radical (unpaired) electrons. The summed E-state index contributed by atoms with van der Waals surface area (Å²) in [6.07, 6.45) is -1.44. The van der Waals surface area contributed by atoms with Gasteiger partial charge < -0.3 is 0 Å². The summed E-state index contributed by atoms with van der Waals surface area (Å²) in [5.41, 5.74) is 0.00499. The highest BCUT2D eigenvalue weighted by Gasteiger charge is 2.30. The summed E-state index contributed by atoms with van der Waals surface area (Å²) in [4.78, 5) is 12.0. The maximum absolute atomic E-state index is 12.6. The molecular weight excluding hydrogens is 269 g/mol. The number of hydrogen-bond donors (Lipinski definition) is 0. The van der Waals surface area contributed by atoms with Gasteiger partial charge in [-0.25, -0.2) is 0 Å². The van der Waals surface area contributed by atoms with Crippen LogP contribution in [0.25, 0.3) is 0 Å².